The molecule has 0 bridgehead atoms. The van der Waals surface area contributed by atoms with Gasteiger partial charge in [0.25, 0.3) is 0 Å². The lowest BCUT2D eigenvalue weighted by molar-refractivity contribution is 0.182. The van der Waals surface area contributed by atoms with Gasteiger partial charge in [-0.05, 0) is 19.1 Å². The van der Waals surface area contributed by atoms with Crippen LogP contribution >= 0.6 is 12.2 Å². The smallest absolute Gasteiger partial charge is 0.247 e. The second-order valence-corrected chi connectivity index (χ2v) is 2.59. The Kier molecular flexibility index (Phi) is 2.82. The van der Waals surface area contributed by atoms with Crippen molar-refractivity contribution in [3.05, 3.63) is 22.4 Å². The summed E-state index contributed by atoms with van der Waals surface area (Å²) >= 11 is 4.72. The van der Waals surface area contributed by atoms with Gasteiger partial charge in [-0.3, -0.25) is 0 Å². The lowest BCUT2D eigenvalue weighted by atomic mass is 10.5. The monoisotopic (exact) mass is 196 g/mol. The Morgan fingerprint density at radius 1 is 1.85 bits per heavy atom. The zero-order valence-electron chi connectivity index (χ0n) is 6.98. The first-order chi connectivity index (χ1) is 6.20. The average Bonchev–Trinajstić information content (AvgIpc) is 2.14. The van der Waals surface area contributed by atoms with E-state index in [-0.39, 0.29) is 16.3 Å². The molecule has 6 heteroatoms. The fourth-order valence-electron chi connectivity index (χ4n) is 0.851. The van der Waals surface area contributed by atoms with Gasteiger partial charge in [0.05, 0.1) is 6.57 Å². The summed E-state index contributed by atoms with van der Waals surface area (Å²) < 4.78 is 0.731. The minimum Gasteiger partial charge on any atom is -0.425 e. The summed E-state index contributed by atoms with van der Waals surface area (Å²) in [6.07, 6.45) is 1.33. The highest BCUT2D eigenvalue weighted by atomic mass is 32.1. The van der Waals surface area contributed by atoms with Gasteiger partial charge < -0.3 is 10.5 Å². The van der Waals surface area contributed by atoms with E-state index >= 15 is 0 Å². The van der Waals surface area contributed by atoms with Crippen LogP contribution in [0.3, 0.4) is 0 Å². The van der Waals surface area contributed by atoms with Crippen molar-refractivity contribution in [2.75, 3.05) is 11.9 Å². The Morgan fingerprint density at radius 2 is 2.54 bits per heavy atom. The molecule has 5 nitrogen and oxygen atoms in total. The van der Waals surface area contributed by atoms with E-state index in [1.54, 1.807) is 0 Å². The van der Waals surface area contributed by atoms with E-state index < -0.39 is 0 Å². The summed E-state index contributed by atoms with van der Waals surface area (Å²) in [6, 6.07) is 0. The molecule has 0 aliphatic carbocycles. The van der Waals surface area contributed by atoms with Crippen LogP contribution in [0.25, 0.3) is 4.85 Å². The standard InChI is InChI=1S/C7H8N4OS/c1-3-9-6-5(8-2)4-10-7(13)11(6)12/h4,9,12H,3H2,1H3. The van der Waals surface area contributed by atoms with Crippen LogP contribution in [0.5, 0.6) is 0 Å². The zero-order chi connectivity index (χ0) is 9.84. The SMILES string of the molecule is [C-]#[N+]c1cnc(=S)n(O)c1NCC. The number of nitrogens with zero attached hydrogens (tertiary/aromatic N) is 3. The van der Waals surface area contributed by atoms with E-state index in [0.717, 1.165) is 0 Å². The first kappa shape index (κ1) is 9.48. The molecule has 0 aliphatic heterocycles. The number of anilines is 1. The summed E-state index contributed by atoms with van der Waals surface area (Å²) in [5, 5.41) is 12.2. The van der Waals surface area contributed by atoms with Gasteiger partial charge in [-0.15, -0.1) is 0 Å². The molecule has 0 radical (unpaired) electrons. The van der Waals surface area contributed by atoms with Gasteiger partial charge in [-0.25, -0.2) is 9.83 Å². The minimum absolute atomic E-state index is 0.0309. The van der Waals surface area contributed by atoms with Crippen molar-refractivity contribution >= 4 is 23.7 Å². The molecular formula is C7H8N4OS. The van der Waals surface area contributed by atoms with E-state index in [4.69, 9.17) is 18.8 Å². The van der Waals surface area contributed by atoms with Gasteiger partial charge in [-0.2, -0.15) is 4.73 Å². The fourth-order valence-corrected chi connectivity index (χ4v) is 0.995. The molecule has 0 unspecified atom stereocenters. The molecule has 0 aromatic carbocycles. The van der Waals surface area contributed by atoms with Crippen LogP contribution in [0.2, 0.25) is 0 Å². The molecule has 13 heavy (non-hydrogen) atoms. The molecule has 1 aromatic rings. The van der Waals surface area contributed by atoms with Gasteiger partial charge in [-0.1, -0.05) is 0 Å². The maximum Gasteiger partial charge on any atom is 0.247 e. The Morgan fingerprint density at radius 3 is 3.08 bits per heavy atom. The number of rotatable bonds is 2. The van der Waals surface area contributed by atoms with Gasteiger partial charge in [0, 0.05) is 12.7 Å². The molecule has 68 valence electrons. The average molecular weight is 196 g/mol. The van der Waals surface area contributed by atoms with Crippen molar-refractivity contribution in [2.24, 2.45) is 0 Å². The number of hydrogen-bond donors (Lipinski definition) is 2. The second-order valence-electron chi connectivity index (χ2n) is 2.23. The van der Waals surface area contributed by atoms with Crippen molar-refractivity contribution < 1.29 is 5.21 Å². The molecular weight excluding hydrogens is 188 g/mol. The van der Waals surface area contributed by atoms with Crippen molar-refractivity contribution in [1.82, 2.24) is 9.71 Å². The summed E-state index contributed by atoms with van der Waals surface area (Å²) in [5.41, 5.74) is 0.248. The molecule has 0 saturated carbocycles. The van der Waals surface area contributed by atoms with Crippen LogP contribution in [-0.2, 0) is 0 Å². The molecule has 1 heterocycles. The number of nitrogens with one attached hydrogen (secondary N) is 1. The van der Waals surface area contributed by atoms with Crippen LogP contribution in [0.4, 0.5) is 11.5 Å². The third-order valence-corrected chi connectivity index (χ3v) is 1.68. The predicted octanol–water partition coefficient (Wildman–Crippen LogP) is 1.83. The molecule has 0 fully saturated rings. The zero-order valence-corrected chi connectivity index (χ0v) is 7.80. The van der Waals surface area contributed by atoms with Gasteiger partial charge in [0.15, 0.2) is 5.82 Å². The minimum atomic E-state index is 0.0309. The highest BCUT2D eigenvalue weighted by Crippen LogP contribution is 2.22. The van der Waals surface area contributed by atoms with Crippen molar-refractivity contribution in [1.29, 1.82) is 0 Å². The van der Waals surface area contributed by atoms with E-state index in [2.05, 4.69) is 15.1 Å². The Hall–Kier alpha value is -1.61. The van der Waals surface area contributed by atoms with Crippen LogP contribution in [0.15, 0.2) is 6.20 Å². The van der Waals surface area contributed by atoms with E-state index in [0.29, 0.717) is 11.3 Å². The van der Waals surface area contributed by atoms with Crippen molar-refractivity contribution in [2.45, 2.75) is 6.92 Å². The Balaban J connectivity index is 3.34. The van der Waals surface area contributed by atoms with Crippen LogP contribution in [-0.4, -0.2) is 21.5 Å². The third kappa shape index (κ3) is 1.76. The summed E-state index contributed by atoms with van der Waals surface area (Å²) in [5.74, 6) is 0.289. The topological polar surface area (TPSA) is 54.4 Å². The summed E-state index contributed by atoms with van der Waals surface area (Å²) in [7, 11) is 0. The summed E-state index contributed by atoms with van der Waals surface area (Å²) in [4.78, 5) is 6.86. The first-order valence-electron chi connectivity index (χ1n) is 3.63. The lowest BCUT2D eigenvalue weighted by Gasteiger charge is -2.08. The number of hydrogen-bond acceptors (Lipinski definition) is 4. The molecule has 0 spiro atoms. The van der Waals surface area contributed by atoms with Gasteiger partial charge in [0.2, 0.25) is 10.5 Å². The first-order valence-corrected chi connectivity index (χ1v) is 4.04. The molecule has 0 aliphatic rings. The van der Waals surface area contributed by atoms with Crippen molar-refractivity contribution in [3.8, 4) is 0 Å². The maximum absolute atomic E-state index is 9.38. The lowest BCUT2D eigenvalue weighted by Crippen LogP contribution is -2.08. The molecule has 0 atom stereocenters. The molecule has 1 aromatic heterocycles. The maximum atomic E-state index is 9.38. The number of aromatic nitrogens is 2. The van der Waals surface area contributed by atoms with Crippen LogP contribution in [0, 0.1) is 11.3 Å². The van der Waals surface area contributed by atoms with Gasteiger partial charge in [0.1, 0.15) is 0 Å². The van der Waals surface area contributed by atoms with Crippen molar-refractivity contribution in [3.63, 3.8) is 0 Å². The van der Waals surface area contributed by atoms with Crippen LogP contribution in [0.1, 0.15) is 6.92 Å². The summed E-state index contributed by atoms with van der Waals surface area (Å²) in [6.45, 7) is 9.27. The normalized spacial score (nSPS) is 9.23. The van der Waals surface area contributed by atoms with E-state index in [1.807, 2.05) is 6.92 Å². The Labute approximate surface area is 80.4 Å². The predicted molar refractivity (Wildman–Crippen MR) is 50.7 cm³/mol. The molecule has 1 rings (SSSR count). The Bertz CT molecular complexity index is 406. The largest absolute Gasteiger partial charge is 0.425 e. The van der Waals surface area contributed by atoms with Crippen LogP contribution < -0.4 is 5.32 Å². The third-order valence-electron chi connectivity index (χ3n) is 1.40. The highest BCUT2D eigenvalue weighted by Gasteiger charge is 2.06. The molecule has 0 saturated heterocycles. The van der Waals surface area contributed by atoms with Gasteiger partial charge >= 0.3 is 0 Å². The molecule has 2 N–H and O–H groups in total. The quantitative estimate of drug-likeness (QED) is 0.430. The fraction of sp³-hybridized carbons (Fsp3) is 0.286. The van der Waals surface area contributed by atoms with E-state index in [1.165, 1.54) is 6.20 Å². The second kappa shape index (κ2) is 3.87. The van der Waals surface area contributed by atoms with E-state index in [9.17, 15) is 5.21 Å². The highest BCUT2D eigenvalue weighted by molar-refractivity contribution is 7.71. The molecule has 0 amide bonds.